The third kappa shape index (κ3) is 3.03. The van der Waals surface area contributed by atoms with Gasteiger partial charge in [0.2, 0.25) is 5.95 Å². The molecule has 0 radical (unpaired) electrons. The van der Waals surface area contributed by atoms with E-state index in [2.05, 4.69) is 15.6 Å². The molecule has 5 rings (SSSR count). The van der Waals surface area contributed by atoms with Crippen LogP contribution in [0.5, 0.6) is 0 Å². The first-order valence-corrected chi connectivity index (χ1v) is 9.68. The highest BCUT2D eigenvalue weighted by Crippen LogP contribution is 2.39. The van der Waals surface area contributed by atoms with Crippen molar-refractivity contribution < 1.29 is 9.18 Å². The van der Waals surface area contributed by atoms with Crippen molar-refractivity contribution in [1.82, 2.24) is 9.55 Å². The van der Waals surface area contributed by atoms with Crippen molar-refractivity contribution in [2.24, 2.45) is 0 Å². The van der Waals surface area contributed by atoms with Crippen molar-refractivity contribution in [2.75, 3.05) is 10.6 Å². The van der Waals surface area contributed by atoms with E-state index in [1.807, 2.05) is 66.1 Å². The molecule has 1 atom stereocenters. The van der Waals surface area contributed by atoms with Crippen LogP contribution in [0.2, 0.25) is 0 Å². The maximum atomic E-state index is 13.6. The number of carbonyl (C=O) groups excluding carboxylic acids is 1. The monoisotopic (exact) mass is 398 g/mol. The molecule has 1 aliphatic rings. The quantitative estimate of drug-likeness (QED) is 0.505. The normalized spacial score (nSPS) is 15.6. The summed E-state index contributed by atoms with van der Waals surface area (Å²) in [4.78, 5) is 18.1. The van der Waals surface area contributed by atoms with Gasteiger partial charge in [0, 0.05) is 11.4 Å². The summed E-state index contributed by atoms with van der Waals surface area (Å²) in [5.74, 6) is 0.114. The molecule has 2 heterocycles. The van der Waals surface area contributed by atoms with Gasteiger partial charge in [-0.1, -0.05) is 42.5 Å². The fraction of sp³-hybridized carbons (Fsp3) is 0.0833. The number of rotatable bonds is 3. The van der Waals surface area contributed by atoms with Gasteiger partial charge in [-0.15, -0.1) is 0 Å². The lowest BCUT2D eigenvalue weighted by Crippen LogP contribution is -2.30. The van der Waals surface area contributed by atoms with Crippen LogP contribution in [0, 0.1) is 5.82 Å². The molecular formula is C24H19FN4O. The molecule has 30 heavy (non-hydrogen) atoms. The number of hydrogen-bond acceptors (Lipinski definition) is 3. The van der Waals surface area contributed by atoms with Crippen LogP contribution in [0.3, 0.4) is 0 Å². The van der Waals surface area contributed by atoms with Crippen molar-refractivity contribution in [3.8, 4) is 0 Å². The van der Waals surface area contributed by atoms with Gasteiger partial charge in [0.15, 0.2) is 0 Å². The van der Waals surface area contributed by atoms with Gasteiger partial charge < -0.3 is 10.6 Å². The Morgan fingerprint density at radius 3 is 2.47 bits per heavy atom. The molecule has 0 spiro atoms. The third-order valence-electron chi connectivity index (χ3n) is 5.29. The molecule has 1 aliphatic heterocycles. The van der Waals surface area contributed by atoms with Crippen molar-refractivity contribution in [3.63, 3.8) is 0 Å². The fourth-order valence-corrected chi connectivity index (χ4v) is 3.94. The topological polar surface area (TPSA) is 59.0 Å². The molecule has 4 aromatic rings. The van der Waals surface area contributed by atoms with Crippen LogP contribution in [0.4, 0.5) is 16.0 Å². The van der Waals surface area contributed by atoms with E-state index in [1.54, 1.807) is 12.1 Å². The Kier molecular flexibility index (Phi) is 4.32. The van der Waals surface area contributed by atoms with Crippen molar-refractivity contribution in [3.05, 3.63) is 102 Å². The lowest BCUT2D eigenvalue weighted by atomic mass is 9.94. The molecule has 3 aromatic carbocycles. The lowest BCUT2D eigenvalue weighted by Gasteiger charge is -2.30. The third-order valence-corrected chi connectivity index (χ3v) is 5.29. The summed E-state index contributed by atoms with van der Waals surface area (Å²) in [7, 11) is 0. The highest BCUT2D eigenvalue weighted by Gasteiger charge is 2.34. The van der Waals surface area contributed by atoms with Crippen LogP contribution in [0.1, 0.15) is 18.5 Å². The number of nitrogens with zero attached hydrogens (tertiary/aromatic N) is 2. The number of imidazole rings is 1. The van der Waals surface area contributed by atoms with Crippen molar-refractivity contribution in [2.45, 2.75) is 13.0 Å². The zero-order chi connectivity index (χ0) is 20.7. The minimum Gasteiger partial charge on any atom is -0.329 e. The summed E-state index contributed by atoms with van der Waals surface area (Å²) in [6.45, 7) is 1.86. The van der Waals surface area contributed by atoms with Crippen LogP contribution in [-0.4, -0.2) is 15.5 Å². The molecule has 0 saturated heterocycles. The molecule has 0 aliphatic carbocycles. The van der Waals surface area contributed by atoms with E-state index >= 15 is 0 Å². The molecule has 1 aromatic heterocycles. The second-order valence-corrected chi connectivity index (χ2v) is 7.23. The molecule has 1 amide bonds. The number of amides is 1. The average Bonchev–Trinajstić information content (AvgIpc) is 3.12. The van der Waals surface area contributed by atoms with E-state index in [-0.39, 0.29) is 11.7 Å². The lowest BCUT2D eigenvalue weighted by molar-refractivity contribution is -0.113. The average molecular weight is 398 g/mol. The Hall–Kier alpha value is -3.93. The van der Waals surface area contributed by atoms with Crippen LogP contribution >= 0.6 is 0 Å². The number of benzene rings is 3. The highest BCUT2D eigenvalue weighted by molar-refractivity contribution is 6.06. The number of aromatic nitrogens is 2. The largest absolute Gasteiger partial charge is 0.329 e. The zero-order valence-electron chi connectivity index (χ0n) is 16.3. The Bertz CT molecular complexity index is 1280. The highest BCUT2D eigenvalue weighted by atomic mass is 19.1. The number of para-hydroxylation sites is 3. The first-order chi connectivity index (χ1) is 14.6. The minimum absolute atomic E-state index is 0.219. The number of fused-ring (bicyclic) bond motifs is 3. The molecule has 148 valence electrons. The summed E-state index contributed by atoms with van der Waals surface area (Å²) in [5, 5.41) is 6.25. The van der Waals surface area contributed by atoms with Gasteiger partial charge >= 0.3 is 0 Å². The molecular weight excluding hydrogens is 379 g/mol. The number of anilines is 2. The van der Waals surface area contributed by atoms with E-state index in [1.165, 1.54) is 12.1 Å². The SMILES string of the molecule is CC1=C(C(=O)Nc2ccccc2)[C@H](c2ccc(F)cc2)n2c(nc3ccccc32)N1. The van der Waals surface area contributed by atoms with E-state index in [0.29, 0.717) is 22.9 Å². The van der Waals surface area contributed by atoms with Gasteiger partial charge in [-0.25, -0.2) is 9.37 Å². The Balaban J connectivity index is 1.68. The van der Waals surface area contributed by atoms with E-state index in [9.17, 15) is 9.18 Å². The minimum atomic E-state index is -0.446. The summed E-state index contributed by atoms with van der Waals surface area (Å²) in [6, 6.07) is 22.9. The molecule has 5 nitrogen and oxygen atoms in total. The molecule has 0 saturated carbocycles. The fourth-order valence-electron chi connectivity index (χ4n) is 3.94. The summed E-state index contributed by atoms with van der Waals surface area (Å²) >= 11 is 0. The first kappa shape index (κ1) is 18.1. The van der Waals surface area contributed by atoms with Crippen molar-refractivity contribution in [1.29, 1.82) is 0 Å². The van der Waals surface area contributed by atoms with Crippen LogP contribution < -0.4 is 10.6 Å². The maximum absolute atomic E-state index is 13.6. The van der Waals surface area contributed by atoms with Gasteiger partial charge in [0.1, 0.15) is 5.82 Å². The van der Waals surface area contributed by atoms with Gasteiger partial charge in [0.05, 0.1) is 22.6 Å². The Labute approximate surface area is 172 Å². The van der Waals surface area contributed by atoms with Gasteiger partial charge in [-0.05, 0) is 48.9 Å². The molecule has 6 heteroatoms. The predicted octanol–water partition coefficient (Wildman–Crippen LogP) is 5.10. The van der Waals surface area contributed by atoms with Crippen LogP contribution in [0.15, 0.2) is 90.1 Å². The summed E-state index contributed by atoms with van der Waals surface area (Å²) in [5.41, 5.74) is 4.50. The van der Waals surface area contributed by atoms with Crippen molar-refractivity contribution >= 4 is 28.6 Å². The molecule has 0 unspecified atom stereocenters. The van der Waals surface area contributed by atoms with Crippen LogP contribution in [0.25, 0.3) is 11.0 Å². The van der Waals surface area contributed by atoms with E-state index < -0.39 is 6.04 Å². The summed E-state index contributed by atoms with van der Waals surface area (Å²) < 4.78 is 15.6. The standard InChI is InChI=1S/C24H19FN4O/c1-15-21(23(30)27-18-7-3-2-4-8-18)22(16-11-13-17(25)14-12-16)29-20-10-6-5-9-19(20)28-24(29)26-15/h2-14,22H,1H3,(H,26,28)(H,27,30)/t22-/m0/s1. The number of carbonyl (C=O) groups is 1. The first-order valence-electron chi connectivity index (χ1n) is 9.68. The predicted molar refractivity (Wildman–Crippen MR) is 116 cm³/mol. The van der Waals surface area contributed by atoms with Gasteiger partial charge in [-0.2, -0.15) is 0 Å². The number of nitrogens with one attached hydrogen (secondary N) is 2. The van der Waals surface area contributed by atoms with Gasteiger partial charge in [-0.3, -0.25) is 9.36 Å². The van der Waals surface area contributed by atoms with E-state index in [4.69, 9.17) is 0 Å². The smallest absolute Gasteiger partial charge is 0.255 e. The molecule has 0 bridgehead atoms. The van der Waals surface area contributed by atoms with Crippen LogP contribution in [-0.2, 0) is 4.79 Å². The number of halogens is 1. The Morgan fingerprint density at radius 2 is 1.70 bits per heavy atom. The van der Waals surface area contributed by atoms with Gasteiger partial charge in [0.25, 0.3) is 5.91 Å². The number of hydrogen-bond donors (Lipinski definition) is 2. The zero-order valence-corrected chi connectivity index (χ0v) is 16.3. The maximum Gasteiger partial charge on any atom is 0.255 e. The molecule has 2 N–H and O–H groups in total. The second-order valence-electron chi connectivity index (χ2n) is 7.23. The summed E-state index contributed by atoms with van der Waals surface area (Å²) in [6.07, 6.45) is 0. The Morgan fingerprint density at radius 1 is 1.00 bits per heavy atom. The van der Waals surface area contributed by atoms with E-state index in [0.717, 1.165) is 16.6 Å². The second kappa shape index (κ2) is 7.15. The molecule has 0 fully saturated rings. The number of allylic oxidation sites excluding steroid dienone is 1.